The molecule has 6 heteroatoms. The highest BCUT2D eigenvalue weighted by atomic mass is 32.1. The van der Waals surface area contributed by atoms with Crippen LogP contribution in [-0.2, 0) is 6.54 Å². The number of pyridine rings is 1. The summed E-state index contributed by atoms with van der Waals surface area (Å²) in [4.78, 5) is 11.2. The third-order valence-corrected chi connectivity index (χ3v) is 5.31. The molecule has 134 valence electrons. The molecule has 5 nitrogen and oxygen atoms in total. The number of thiophene rings is 1. The van der Waals surface area contributed by atoms with Gasteiger partial charge in [0.05, 0.1) is 0 Å². The average molecular weight is 358 g/mol. The molecular weight excluding hydrogens is 330 g/mol. The van der Waals surface area contributed by atoms with Gasteiger partial charge in [-0.25, -0.2) is 4.98 Å². The van der Waals surface area contributed by atoms with Crippen LogP contribution in [0.4, 0.5) is 5.82 Å². The molecule has 0 bridgehead atoms. The van der Waals surface area contributed by atoms with Gasteiger partial charge in [-0.2, -0.15) is 11.3 Å². The third kappa shape index (κ3) is 4.95. The normalized spacial score (nSPS) is 16.1. The molecule has 2 N–H and O–H groups in total. The van der Waals surface area contributed by atoms with Crippen molar-refractivity contribution < 1.29 is 0 Å². The second kappa shape index (κ2) is 8.85. The van der Waals surface area contributed by atoms with E-state index < -0.39 is 0 Å². The van der Waals surface area contributed by atoms with Gasteiger partial charge in [0.2, 0.25) is 0 Å². The van der Waals surface area contributed by atoms with Gasteiger partial charge < -0.3 is 15.5 Å². The second-order valence-corrected chi connectivity index (χ2v) is 7.26. The van der Waals surface area contributed by atoms with Crippen LogP contribution < -0.4 is 15.5 Å². The SMILES string of the molecule is CN=C(NCc1ccnc(N2CCCC2)c1)NCC(C)c1ccsc1. The van der Waals surface area contributed by atoms with E-state index in [4.69, 9.17) is 0 Å². The number of nitrogens with zero attached hydrogens (tertiary/aromatic N) is 3. The molecule has 3 heterocycles. The first kappa shape index (κ1) is 17.7. The van der Waals surface area contributed by atoms with Crippen LogP contribution in [0.15, 0.2) is 40.1 Å². The van der Waals surface area contributed by atoms with Gasteiger partial charge in [-0.1, -0.05) is 6.92 Å². The highest BCUT2D eigenvalue weighted by molar-refractivity contribution is 7.07. The number of aliphatic imine (C=N–C) groups is 1. The molecule has 0 aromatic carbocycles. The molecule has 1 unspecified atom stereocenters. The third-order valence-electron chi connectivity index (χ3n) is 4.61. The van der Waals surface area contributed by atoms with E-state index in [-0.39, 0.29) is 0 Å². The van der Waals surface area contributed by atoms with Crippen molar-refractivity contribution in [3.8, 4) is 0 Å². The van der Waals surface area contributed by atoms with Crippen LogP contribution >= 0.6 is 11.3 Å². The lowest BCUT2D eigenvalue weighted by Gasteiger charge is -2.18. The zero-order valence-corrected chi connectivity index (χ0v) is 15.9. The molecule has 1 aliphatic rings. The second-order valence-electron chi connectivity index (χ2n) is 6.48. The molecule has 2 aromatic rings. The van der Waals surface area contributed by atoms with E-state index in [1.54, 1.807) is 11.3 Å². The van der Waals surface area contributed by atoms with Crippen molar-refractivity contribution in [2.75, 3.05) is 31.6 Å². The summed E-state index contributed by atoms with van der Waals surface area (Å²) in [7, 11) is 1.81. The van der Waals surface area contributed by atoms with Crippen molar-refractivity contribution in [1.29, 1.82) is 0 Å². The Kier molecular flexibility index (Phi) is 6.28. The molecule has 3 rings (SSSR count). The molecule has 0 amide bonds. The standard InChI is InChI=1S/C19H27N5S/c1-15(17-6-10-25-14-17)12-22-19(20-2)23-13-16-5-7-21-18(11-16)24-8-3-4-9-24/h5-7,10-11,14-15H,3-4,8-9,12-13H2,1-2H3,(H2,20,22,23). The Labute approximate surface area is 154 Å². The molecule has 0 radical (unpaired) electrons. The van der Waals surface area contributed by atoms with Crippen molar-refractivity contribution in [2.24, 2.45) is 4.99 Å². The summed E-state index contributed by atoms with van der Waals surface area (Å²) < 4.78 is 0. The first-order valence-electron chi connectivity index (χ1n) is 8.93. The fraction of sp³-hybridized carbons (Fsp3) is 0.474. The van der Waals surface area contributed by atoms with Gasteiger partial charge in [-0.3, -0.25) is 4.99 Å². The maximum absolute atomic E-state index is 4.51. The summed E-state index contributed by atoms with van der Waals surface area (Å²) in [6.45, 7) is 6.08. The Balaban J connectivity index is 1.50. The Morgan fingerprint density at radius 2 is 2.16 bits per heavy atom. The van der Waals surface area contributed by atoms with Gasteiger partial charge in [0.25, 0.3) is 0 Å². The number of hydrogen-bond acceptors (Lipinski definition) is 4. The van der Waals surface area contributed by atoms with Gasteiger partial charge in [-0.15, -0.1) is 0 Å². The predicted octanol–water partition coefficient (Wildman–Crippen LogP) is 3.21. The summed E-state index contributed by atoms with van der Waals surface area (Å²) in [5.74, 6) is 2.39. The molecule has 1 atom stereocenters. The van der Waals surface area contributed by atoms with Crippen molar-refractivity contribution in [1.82, 2.24) is 15.6 Å². The molecular formula is C19H27N5S. The zero-order chi connectivity index (χ0) is 17.5. The smallest absolute Gasteiger partial charge is 0.191 e. The number of guanidine groups is 1. The van der Waals surface area contributed by atoms with Crippen molar-refractivity contribution >= 4 is 23.1 Å². The lowest BCUT2D eigenvalue weighted by molar-refractivity contribution is 0.700. The Morgan fingerprint density at radius 3 is 2.88 bits per heavy atom. The van der Waals surface area contributed by atoms with Crippen LogP contribution in [-0.4, -0.2) is 37.6 Å². The number of hydrogen-bond donors (Lipinski definition) is 2. The maximum Gasteiger partial charge on any atom is 0.191 e. The average Bonchev–Trinajstić information content (AvgIpc) is 3.35. The Bertz CT molecular complexity index is 677. The summed E-state index contributed by atoms with van der Waals surface area (Å²) >= 11 is 1.74. The van der Waals surface area contributed by atoms with Gasteiger partial charge in [0, 0.05) is 39.4 Å². The van der Waals surface area contributed by atoms with E-state index in [0.29, 0.717) is 5.92 Å². The van der Waals surface area contributed by atoms with Crippen molar-refractivity contribution in [3.63, 3.8) is 0 Å². The summed E-state index contributed by atoms with van der Waals surface area (Å²) in [6, 6.07) is 6.43. The van der Waals surface area contributed by atoms with E-state index in [1.807, 2.05) is 13.2 Å². The molecule has 1 aliphatic heterocycles. The number of nitrogens with one attached hydrogen (secondary N) is 2. The van der Waals surface area contributed by atoms with E-state index in [9.17, 15) is 0 Å². The van der Waals surface area contributed by atoms with E-state index in [2.05, 4.69) is 61.4 Å². The monoisotopic (exact) mass is 357 g/mol. The Hall–Kier alpha value is -2.08. The first-order chi connectivity index (χ1) is 12.3. The maximum atomic E-state index is 4.51. The lowest BCUT2D eigenvalue weighted by atomic mass is 10.1. The summed E-state index contributed by atoms with van der Waals surface area (Å²) in [5.41, 5.74) is 2.60. The quantitative estimate of drug-likeness (QED) is 0.616. The van der Waals surface area contributed by atoms with Crippen LogP contribution in [0.25, 0.3) is 0 Å². The van der Waals surface area contributed by atoms with Crippen LogP contribution in [0, 0.1) is 0 Å². The molecule has 25 heavy (non-hydrogen) atoms. The molecule has 0 aliphatic carbocycles. The predicted molar refractivity (Wildman–Crippen MR) is 107 cm³/mol. The van der Waals surface area contributed by atoms with Gasteiger partial charge in [0.15, 0.2) is 5.96 Å². The Morgan fingerprint density at radius 1 is 1.32 bits per heavy atom. The largest absolute Gasteiger partial charge is 0.357 e. The topological polar surface area (TPSA) is 52.6 Å². The fourth-order valence-electron chi connectivity index (χ4n) is 3.02. The number of aromatic nitrogens is 1. The van der Waals surface area contributed by atoms with E-state index >= 15 is 0 Å². The number of rotatable bonds is 6. The van der Waals surface area contributed by atoms with Crippen LogP contribution in [0.5, 0.6) is 0 Å². The van der Waals surface area contributed by atoms with Gasteiger partial charge in [0.1, 0.15) is 5.82 Å². The van der Waals surface area contributed by atoms with Gasteiger partial charge in [-0.05, 0) is 58.8 Å². The van der Waals surface area contributed by atoms with E-state index in [1.165, 1.54) is 24.0 Å². The number of anilines is 1. The molecule has 1 saturated heterocycles. The zero-order valence-electron chi connectivity index (χ0n) is 15.0. The first-order valence-corrected chi connectivity index (χ1v) is 9.87. The highest BCUT2D eigenvalue weighted by Crippen LogP contribution is 2.19. The van der Waals surface area contributed by atoms with Crippen LogP contribution in [0.3, 0.4) is 0 Å². The minimum atomic E-state index is 0.465. The van der Waals surface area contributed by atoms with E-state index in [0.717, 1.165) is 38.0 Å². The molecule has 0 spiro atoms. The highest BCUT2D eigenvalue weighted by Gasteiger charge is 2.13. The van der Waals surface area contributed by atoms with Crippen LogP contribution in [0.2, 0.25) is 0 Å². The van der Waals surface area contributed by atoms with Crippen LogP contribution in [0.1, 0.15) is 36.8 Å². The molecule has 2 aromatic heterocycles. The fourth-order valence-corrected chi connectivity index (χ4v) is 3.80. The minimum Gasteiger partial charge on any atom is -0.357 e. The minimum absolute atomic E-state index is 0.465. The summed E-state index contributed by atoms with van der Waals surface area (Å²) in [6.07, 6.45) is 4.44. The summed E-state index contributed by atoms with van der Waals surface area (Å²) in [5, 5.41) is 11.1. The van der Waals surface area contributed by atoms with Crippen molar-refractivity contribution in [2.45, 2.75) is 32.2 Å². The van der Waals surface area contributed by atoms with Gasteiger partial charge >= 0.3 is 0 Å². The molecule has 0 saturated carbocycles. The lowest BCUT2D eigenvalue weighted by Crippen LogP contribution is -2.38. The molecule has 1 fully saturated rings. The van der Waals surface area contributed by atoms with Crippen molar-refractivity contribution in [3.05, 3.63) is 46.3 Å².